The molecule has 0 spiro atoms. The molecule has 0 amide bonds. The Bertz CT molecular complexity index is 178. The highest BCUT2D eigenvalue weighted by Gasteiger charge is 1.89. The van der Waals surface area contributed by atoms with Gasteiger partial charge >= 0.3 is 0 Å². The van der Waals surface area contributed by atoms with E-state index in [0.29, 0.717) is 12.6 Å². The lowest BCUT2D eigenvalue weighted by Crippen LogP contribution is -2.24. The van der Waals surface area contributed by atoms with Crippen LogP contribution in [0.3, 0.4) is 0 Å². The highest BCUT2D eigenvalue weighted by molar-refractivity contribution is 7.80. The van der Waals surface area contributed by atoms with Gasteiger partial charge in [-0.25, -0.2) is 0 Å². The van der Waals surface area contributed by atoms with E-state index in [9.17, 15) is 9.59 Å². The second-order valence-corrected chi connectivity index (χ2v) is 1.83. The van der Waals surface area contributed by atoms with Crippen LogP contribution in [-0.4, -0.2) is 17.7 Å². The quantitative estimate of drug-likeness (QED) is 0.183. The SMILES string of the molecule is NC(=S)NC=C(C=O)C=O. The van der Waals surface area contributed by atoms with Gasteiger partial charge in [0.05, 0.1) is 5.57 Å². The minimum Gasteiger partial charge on any atom is -0.376 e. The summed E-state index contributed by atoms with van der Waals surface area (Å²) in [6.07, 6.45) is 1.94. The van der Waals surface area contributed by atoms with Gasteiger partial charge in [-0.2, -0.15) is 0 Å². The molecule has 0 saturated heterocycles. The third-order valence-electron chi connectivity index (χ3n) is 0.653. The lowest BCUT2D eigenvalue weighted by molar-refractivity contribution is -0.109. The molecule has 0 aromatic carbocycles. The molecule has 0 aromatic rings. The average Bonchev–Trinajstić information content (AvgIpc) is 1.90. The van der Waals surface area contributed by atoms with Crippen LogP contribution in [0.4, 0.5) is 0 Å². The molecule has 0 saturated carbocycles. The number of thiocarbonyl (C=S) groups is 1. The third-order valence-corrected chi connectivity index (χ3v) is 0.771. The smallest absolute Gasteiger partial charge is 0.167 e. The van der Waals surface area contributed by atoms with E-state index < -0.39 is 0 Å². The molecule has 0 aromatic heterocycles. The summed E-state index contributed by atoms with van der Waals surface area (Å²) in [7, 11) is 0. The van der Waals surface area contributed by atoms with Crippen LogP contribution < -0.4 is 11.1 Å². The number of aldehydes is 2. The first-order valence-electron chi connectivity index (χ1n) is 2.37. The molecule has 0 atom stereocenters. The van der Waals surface area contributed by atoms with Crippen molar-refractivity contribution in [3.05, 3.63) is 11.8 Å². The molecule has 5 heteroatoms. The standard InChI is InChI=1S/C5H6N2O2S/c6-5(10)7-1-4(2-8)3-9/h1-3H,(H3,6,7,10). The molecule has 0 bridgehead atoms. The fraction of sp³-hybridized carbons (Fsp3) is 0. The van der Waals surface area contributed by atoms with E-state index >= 15 is 0 Å². The summed E-state index contributed by atoms with van der Waals surface area (Å²) in [6, 6.07) is 0. The maximum atomic E-state index is 9.92. The average molecular weight is 158 g/mol. The Labute approximate surface area is 63.1 Å². The van der Waals surface area contributed by atoms with Crippen LogP contribution in [0.15, 0.2) is 11.8 Å². The topological polar surface area (TPSA) is 72.2 Å². The minimum absolute atomic E-state index is 0.0150. The van der Waals surface area contributed by atoms with Crippen molar-refractivity contribution in [1.82, 2.24) is 5.32 Å². The summed E-state index contributed by atoms with van der Waals surface area (Å²) in [5, 5.41) is 2.35. The molecule has 10 heavy (non-hydrogen) atoms. The molecule has 0 rings (SSSR count). The Balaban J connectivity index is 3.98. The van der Waals surface area contributed by atoms with Crippen LogP contribution in [-0.2, 0) is 9.59 Å². The zero-order valence-electron chi connectivity index (χ0n) is 5.03. The Morgan fingerprint density at radius 2 is 1.90 bits per heavy atom. The van der Waals surface area contributed by atoms with Crippen molar-refractivity contribution in [3.8, 4) is 0 Å². The minimum atomic E-state index is -0.0344. The van der Waals surface area contributed by atoms with Gasteiger partial charge in [0.25, 0.3) is 0 Å². The molecule has 0 fully saturated rings. The Hall–Kier alpha value is -1.23. The second kappa shape index (κ2) is 4.63. The molecular weight excluding hydrogens is 152 g/mol. The molecule has 0 aliphatic heterocycles. The highest BCUT2D eigenvalue weighted by Crippen LogP contribution is 1.77. The summed E-state index contributed by atoms with van der Waals surface area (Å²) in [4.78, 5) is 19.8. The molecule has 3 N–H and O–H groups in total. The lowest BCUT2D eigenvalue weighted by atomic mass is 10.4. The maximum absolute atomic E-state index is 9.92. The van der Waals surface area contributed by atoms with Crippen LogP contribution >= 0.6 is 12.2 Å². The number of allylic oxidation sites excluding steroid dienone is 1. The molecule has 54 valence electrons. The predicted octanol–water partition coefficient (Wildman–Crippen LogP) is -0.899. The number of nitrogens with two attached hydrogens (primary N) is 1. The monoisotopic (exact) mass is 158 g/mol. The first-order valence-corrected chi connectivity index (χ1v) is 2.78. The van der Waals surface area contributed by atoms with Gasteiger partial charge in [-0.15, -0.1) is 0 Å². The fourth-order valence-corrected chi connectivity index (χ4v) is 0.309. The van der Waals surface area contributed by atoms with Gasteiger partial charge < -0.3 is 11.1 Å². The highest BCUT2D eigenvalue weighted by atomic mass is 32.1. The van der Waals surface area contributed by atoms with Crippen LogP contribution in [0, 0.1) is 0 Å². The van der Waals surface area contributed by atoms with E-state index in [1.54, 1.807) is 0 Å². The number of carbonyl (C=O) groups excluding carboxylic acids is 2. The summed E-state index contributed by atoms with van der Waals surface area (Å²) in [6.45, 7) is 0. The number of carbonyl (C=O) groups is 2. The van der Waals surface area contributed by atoms with E-state index in [4.69, 9.17) is 5.73 Å². The number of hydrogen-bond acceptors (Lipinski definition) is 3. The van der Waals surface area contributed by atoms with Gasteiger partial charge in [0, 0.05) is 6.20 Å². The molecule has 0 heterocycles. The van der Waals surface area contributed by atoms with Crippen LogP contribution in [0.1, 0.15) is 0 Å². The Kier molecular flexibility index (Phi) is 4.06. The van der Waals surface area contributed by atoms with Crippen molar-refractivity contribution in [2.24, 2.45) is 5.73 Å². The summed E-state index contributed by atoms with van der Waals surface area (Å²) < 4.78 is 0. The van der Waals surface area contributed by atoms with Gasteiger partial charge in [-0.1, -0.05) is 0 Å². The molecular formula is C5H6N2O2S. The van der Waals surface area contributed by atoms with Crippen molar-refractivity contribution >= 4 is 29.9 Å². The van der Waals surface area contributed by atoms with Crippen LogP contribution in [0.5, 0.6) is 0 Å². The number of hydrogen-bond donors (Lipinski definition) is 2. The molecule has 0 aliphatic carbocycles. The van der Waals surface area contributed by atoms with Crippen LogP contribution in [0.25, 0.3) is 0 Å². The zero-order valence-corrected chi connectivity index (χ0v) is 5.85. The predicted molar refractivity (Wildman–Crippen MR) is 40.1 cm³/mol. The first kappa shape index (κ1) is 8.77. The van der Waals surface area contributed by atoms with Crippen molar-refractivity contribution < 1.29 is 9.59 Å². The second-order valence-electron chi connectivity index (χ2n) is 1.39. The normalized spacial score (nSPS) is 7.60. The zero-order chi connectivity index (χ0) is 7.98. The van der Waals surface area contributed by atoms with E-state index in [1.807, 2.05) is 0 Å². The van der Waals surface area contributed by atoms with E-state index in [2.05, 4.69) is 17.5 Å². The number of nitrogens with one attached hydrogen (secondary N) is 1. The summed E-state index contributed by atoms with van der Waals surface area (Å²) in [5.41, 5.74) is 4.96. The van der Waals surface area contributed by atoms with Gasteiger partial charge in [0.15, 0.2) is 17.7 Å². The largest absolute Gasteiger partial charge is 0.376 e. The van der Waals surface area contributed by atoms with Crippen molar-refractivity contribution in [2.45, 2.75) is 0 Å². The van der Waals surface area contributed by atoms with Gasteiger partial charge in [0.2, 0.25) is 0 Å². The summed E-state index contributed by atoms with van der Waals surface area (Å²) >= 11 is 4.40. The van der Waals surface area contributed by atoms with Crippen molar-refractivity contribution in [2.75, 3.05) is 0 Å². The third kappa shape index (κ3) is 3.73. The Morgan fingerprint density at radius 3 is 2.20 bits per heavy atom. The van der Waals surface area contributed by atoms with E-state index in [0.717, 1.165) is 6.20 Å². The van der Waals surface area contributed by atoms with Crippen molar-refractivity contribution in [1.29, 1.82) is 0 Å². The first-order chi connectivity index (χ1) is 4.70. The molecule has 4 nitrogen and oxygen atoms in total. The van der Waals surface area contributed by atoms with Gasteiger partial charge in [0.1, 0.15) is 0 Å². The van der Waals surface area contributed by atoms with E-state index in [1.165, 1.54) is 0 Å². The molecule has 0 aliphatic rings. The fourth-order valence-electron chi connectivity index (χ4n) is 0.250. The summed E-state index contributed by atoms with van der Waals surface area (Å²) in [5.74, 6) is 0. The number of rotatable bonds is 3. The lowest BCUT2D eigenvalue weighted by Gasteiger charge is -1.92. The van der Waals surface area contributed by atoms with E-state index in [-0.39, 0.29) is 10.7 Å². The maximum Gasteiger partial charge on any atom is 0.167 e. The van der Waals surface area contributed by atoms with Crippen molar-refractivity contribution in [3.63, 3.8) is 0 Å². The van der Waals surface area contributed by atoms with Gasteiger partial charge in [-0.3, -0.25) is 9.59 Å². The molecule has 0 unspecified atom stereocenters. The Morgan fingerprint density at radius 1 is 1.40 bits per heavy atom. The molecule has 0 radical (unpaired) electrons. The van der Waals surface area contributed by atoms with Crippen LogP contribution in [0.2, 0.25) is 0 Å². The van der Waals surface area contributed by atoms with Gasteiger partial charge in [-0.05, 0) is 12.2 Å².